The zero-order chi connectivity index (χ0) is 9.10. The van der Waals surface area contributed by atoms with Crippen LogP contribution in [0.3, 0.4) is 0 Å². The summed E-state index contributed by atoms with van der Waals surface area (Å²) in [5, 5.41) is 7.91. The molecule has 0 radical (unpaired) electrons. The summed E-state index contributed by atoms with van der Waals surface area (Å²) in [6.45, 7) is 2.11. The van der Waals surface area contributed by atoms with Crippen LogP contribution in [0.5, 0.6) is 0 Å². The largest absolute Gasteiger partial charge is 0.272 e. The van der Waals surface area contributed by atoms with Gasteiger partial charge in [0.05, 0.1) is 5.03 Å². The average molecular weight is 190 g/mol. The van der Waals surface area contributed by atoms with Crippen molar-refractivity contribution in [3.63, 3.8) is 0 Å². The summed E-state index contributed by atoms with van der Waals surface area (Å²) in [7, 11) is 0. The molecule has 0 atom stereocenters. The molecule has 1 heterocycles. The molecule has 0 saturated carbocycles. The second-order valence-corrected chi connectivity index (χ2v) is 3.87. The molecule has 2 rings (SSSR count). The summed E-state index contributed by atoms with van der Waals surface area (Å²) < 4.78 is 0. The topological polar surface area (TPSA) is 28.7 Å². The smallest absolute Gasteiger partial charge is 0.0955 e. The minimum Gasteiger partial charge on any atom is -0.272 e. The van der Waals surface area contributed by atoms with Crippen molar-refractivity contribution < 1.29 is 0 Å². The van der Waals surface area contributed by atoms with E-state index in [0.29, 0.717) is 0 Å². The minimum atomic E-state index is 1.08. The molecule has 0 unspecified atom stereocenters. The van der Waals surface area contributed by atoms with Gasteiger partial charge in [0.2, 0.25) is 0 Å². The van der Waals surface area contributed by atoms with Gasteiger partial charge in [0.1, 0.15) is 0 Å². The zero-order valence-electron chi connectivity index (χ0n) is 7.32. The van der Waals surface area contributed by atoms with Crippen LogP contribution in [0.4, 0.5) is 0 Å². The van der Waals surface area contributed by atoms with Gasteiger partial charge in [-0.2, -0.15) is 5.10 Å². The van der Waals surface area contributed by atoms with Gasteiger partial charge in [-0.1, -0.05) is 30.0 Å². The summed E-state index contributed by atoms with van der Waals surface area (Å²) in [5.74, 6) is 0. The van der Waals surface area contributed by atoms with Crippen LogP contribution in [0.2, 0.25) is 0 Å². The first kappa shape index (κ1) is 8.38. The van der Waals surface area contributed by atoms with Gasteiger partial charge in [-0.3, -0.25) is 5.10 Å². The van der Waals surface area contributed by atoms with Crippen LogP contribution in [-0.4, -0.2) is 10.2 Å². The van der Waals surface area contributed by atoms with E-state index in [-0.39, 0.29) is 0 Å². The van der Waals surface area contributed by atoms with Crippen molar-refractivity contribution in [2.75, 3.05) is 0 Å². The summed E-state index contributed by atoms with van der Waals surface area (Å²) >= 11 is 1.70. The Morgan fingerprint density at radius 3 is 2.77 bits per heavy atom. The van der Waals surface area contributed by atoms with Crippen LogP contribution >= 0.6 is 11.8 Å². The summed E-state index contributed by atoms with van der Waals surface area (Å²) in [4.78, 5) is 1.27. The third-order valence-corrected chi connectivity index (χ3v) is 2.91. The number of benzene rings is 1. The SMILES string of the molecule is Cc1ccccc1Sc1ccn[nH]1. The number of nitrogens with zero attached hydrogens (tertiary/aromatic N) is 1. The lowest BCUT2D eigenvalue weighted by Gasteiger charge is -2.01. The molecular formula is C10H10N2S. The monoisotopic (exact) mass is 190 g/mol. The van der Waals surface area contributed by atoms with Crippen molar-refractivity contribution in [2.24, 2.45) is 0 Å². The van der Waals surface area contributed by atoms with Gasteiger partial charge in [-0.15, -0.1) is 0 Å². The van der Waals surface area contributed by atoms with Gasteiger partial charge in [-0.25, -0.2) is 0 Å². The van der Waals surface area contributed by atoms with Gasteiger partial charge in [0.15, 0.2) is 0 Å². The Morgan fingerprint density at radius 1 is 1.23 bits per heavy atom. The number of hydrogen-bond donors (Lipinski definition) is 1. The van der Waals surface area contributed by atoms with E-state index in [4.69, 9.17) is 0 Å². The van der Waals surface area contributed by atoms with Gasteiger partial charge in [-0.05, 0) is 24.6 Å². The van der Waals surface area contributed by atoms with Crippen molar-refractivity contribution in [3.8, 4) is 0 Å². The Labute approximate surface area is 81.4 Å². The van der Waals surface area contributed by atoms with Crippen LogP contribution in [0.15, 0.2) is 46.5 Å². The molecule has 2 nitrogen and oxygen atoms in total. The zero-order valence-corrected chi connectivity index (χ0v) is 8.14. The predicted octanol–water partition coefficient (Wildman–Crippen LogP) is 2.87. The minimum absolute atomic E-state index is 1.08. The number of H-pyrrole nitrogens is 1. The number of aryl methyl sites for hydroxylation is 1. The Balaban J connectivity index is 2.24. The van der Waals surface area contributed by atoms with E-state index in [9.17, 15) is 0 Å². The van der Waals surface area contributed by atoms with E-state index >= 15 is 0 Å². The maximum atomic E-state index is 3.90. The Kier molecular flexibility index (Phi) is 2.36. The molecule has 1 aromatic carbocycles. The molecule has 1 N–H and O–H groups in total. The molecule has 13 heavy (non-hydrogen) atoms. The molecular weight excluding hydrogens is 180 g/mol. The fourth-order valence-electron chi connectivity index (χ4n) is 1.09. The Morgan fingerprint density at radius 2 is 2.08 bits per heavy atom. The molecule has 0 bridgehead atoms. The number of aromatic amines is 1. The van der Waals surface area contributed by atoms with Crippen LogP contribution in [0.25, 0.3) is 0 Å². The van der Waals surface area contributed by atoms with Crippen molar-refractivity contribution in [3.05, 3.63) is 42.1 Å². The second-order valence-electron chi connectivity index (χ2n) is 2.79. The van der Waals surface area contributed by atoms with E-state index < -0.39 is 0 Å². The van der Waals surface area contributed by atoms with Crippen LogP contribution in [-0.2, 0) is 0 Å². The normalized spacial score (nSPS) is 10.2. The molecule has 0 aliphatic rings. The first-order valence-electron chi connectivity index (χ1n) is 4.09. The average Bonchev–Trinajstić information content (AvgIpc) is 2.61. The van der Waals surface area contributed by atoms with E-state index in [0.717, 1.165) is 5.03 Å². The van der Waals surface area contributed by atoms with E-state index in [1.54, 1.807) is 18.0 Å². The molecule has 0 amide bonds. The third-order valence-electron chi connectivity index (χ3n) is 1.79. The van der Waals surface area contributed by atoms with Crippen molar-refractivity contribution in [1.29, 1.82) is 0 Å². The van der Waals surface area contributed by atoms with Crippen molar-refractivity contribution in [1.82, 2.24) is 10.2 Å². The molecule has 0 saturated heterocycles. The molecule has 2 aromatic rings. The third kappa shape index (κ3) is 1.92. The van der Waals surface area contributed by atoms with Crippen LogP contribution in [0.1, 0.15) is 5.56 Å². The molecule has 0 aliphatic heterocycles. The van der Waals surface area contributed by atoms with Crippen LogP contribution in [0, 0.1) is 6.92 Å². The fourth-order valence-corrected chi connectivity index (χ4v) is 1.93. The summed E-state index contributed by atoms with van der Waals surface area (Å²) in [5.41, 5.74) is 1.29. The quantitative estimate of drug-likeness (QED) is 0.788. The second kappa shape index (κ2) is 3.66. The lowest BCUT2D eigenvalue weighted by Crippen LogP contribution is -1.78. The first-order chi connectivity index (χ1) is 6.36. The van der Waals surface area contributed by atoms with E-state index in [2.05, 4.69) is 29.3 Å². The highest BCUT2D eigenvalue weighted by Gasteiger charge is 1.99. The number of hydrogen-bond acceptors (Lipinski definition) is 2. The Hall–Kier alpha value is -1.22. The molecule has 66 valence electrons. The van der Waals surface area contributed by atoms with Gasteiger partial charge < -0.3 is 0 Å². The Bertz CT molecular complexity index is 382. The van der Waals surface area contributed by atoms with Crippen molar-refractivity contribution in [2.45, 2.75) is 16.8 Å². The maximum absolute atomic E-state index is 3.90. The van der Waals surface area contributed by atoms with Gasteiger partial charge in [0.25, 0.3) is 0 Å². The lowest BCUT2D eigenvalue weighted by molar-refractivity contribution is 1.00. The highest BCUT2D eigenvalue weighted by molar-refractivity contribution is 7.99. The van der Waals surface area contributed by atoms with Gasteiger partial charge in [0, 0.05) is 11.1 Å². The molecule has 3 heteroatoms. The number of nitrogens with one attached hydrogen (secondary N) is 1. The summed E-state index contributed by atoms with van der Waals surface area (Å²) in [6.07, 6.45) is 1.76. The molecule has 0 spiro atoms. The maximum Gasteiger partial charge on any atom is 0.0955 e. The fraction of sp³-hybridized carbons (Fsp3) is 0.100. The first-order valence-corrected chi connectivity index (χ1v) is 4.91. The highest BCUT2D eigenvalue weighted by atomic mass is 32.2. The molecule has 1 aromatic heterocycles. The van der Waals surface area contributed by atoms with E-state index in [1.807, 2.05) is 18.2 Å². The van der Waals surface area contributed by atoms with Gasteiger partial charge >= 0.3 is 0 Å². The van der Waals surface area contributed by atoms with E-state index in [1.165, 1.54) is 10.5 Å². The molecule has 0 fully saturated rings. The standard InChI is InChI=1S/C10H10N2S/c1-8-4-2-3-5-9(8)13-10-6-7-11-12-10/h2-7H,1H3,(H,11,12). The molecule has 0 aliphatic carbocycles. The number of rotatable bonds is 2. The van der Waals surface area contributed by atoms with Crippen LogP contribution < -0.4 is 0 Å². The van der Waals surface area contributed by atoms with Crippen molar-refractivity contribution >= 4 is 11.8 Å². The predicted molar refractivity (Wildman–Crippen MR) is 53.9 cm³/mol. The summed E-state index contributed by atoms with van der Waals surface area (Å²) in [6, 6.07) is 10.3. The lowest BCUT2D eigenvalue weighted by atomic mass is 10.2. The number of aromatic nitrogens is 2. The highest BCUT2D eigenvalue weighted by Crippen LogP contribution is 2.27.